The fraction of sp³-hybridized carbons (Fsp3) is 0.0357. The molecule has 184 valence electrons. The highest BCUT2D eigenvalue weighted by molar-refractivity contribution is 8.00. The fourth-order valence-electron chi connectivity index (χ4n) is 3.62. The van der Waals surface area contributed by atoms with Gasteiger partial charge in [-0.2, -0.15) is 0 Å². The molecule has 0 unspecified atom stereocenters. The number of aromatic nitrogens is 1. The zero-order chi connectivity index (χ0) is 25.8. The summed E-state index contributed by atoms with van der Waals surface area (Å²) in [5.74, 6) is -0.165. The number of carbonyl (C=O) groups excluding carboxylic acids is 2. The topological polar surface area (TPSA) is 71.1 Å². The summed E-state index contributed by atoms with van der Waals surface area (Å²) in [7, 11) is 0. The number of thiazole rings is 1. The summed E-state index contributed by atoms with van der Waals surface area (Å²) in [6.07, 6.45) is 0. The lowest BCUT2D eigenvalue weighted by Crippen LogP contribution is -2.14. The molecule has 0 bridgehead atoms. The Bertz CT molecular complexity index is 1620. The fourth-order valence-corrected chi connectivity index (χ4v) is 5.41. The number of hydrogen-bond donors (Lipinski definition) is 2. The molecule has 1 aromatic heterocycles. The lowest BCUT2D eigenvalue weighted by Gasteiger charge is -2.08. The Kier molecular flexibility index (Phi) is 7.76. The quantitative estimate of drug-likeness (QED) is 0.195. The van der Waals surface area contributed by atoms with Crippen molar-refractivity contribution in [1.29, 1.82) is 0 Å². The monoisotopic (exact) mass is 563 g/mol. The molecule has 9 heteroatoms. The highest BCUT2D eigenvalue weighted by Crippen LogP contribution is 2.31. The van der Waals surface area contributed by atoms with Crippen LogP contribution in [0, 0.1) is 0 Å². The zero-order valence-corrected chi connectivity index (χ0v) is 22.3. The molecule has 37 heavy (non-hydrogen) atoms. The molecule has 4 aromatic carbocycles. The van der Waals surface area contributed by atoms with Crippen molar-refractivity contribution < 1.29 is 9.59 Å². The molecule has 0 radical (unpaired) electrons. The van der Waals surface area contributed by atoms with E-state index in [2.05, 4.69) is 15.6 Å². The lowest BCUT2D eigenvalue weighted by atomic mass is 10.1. The van der Waals surface area contributed by atoms with Gasteiger partial charge in [0.1, 0.15) is 0 Å². The van der Waals surface area contributed by atoms with Gasteiger partial charge in [0.2, 0.25) is 5.91 Å². The van der Waals surface area contributed by atoms with Crippen LogP contribution in [-0.2, 0) is 4.79 Å². The van der Waals surface area contributed by atoms with Gasteiger partial charge in [0.05, 0.1) is 21.5 Å². The van der Waals surface area contributed by atoms with Crippen LogP contribution in [0.5, 0.6) is 0 Å². The standard InChI is InChI=1S/C28H19Cl2N3O2S2/c29-23-11-10-19(13-24(23)30)25-15-37-28(32-25)33-26(34)16-36-22-7-3-6-21(14-22)31-27(35)20-9-8-17-4-1-2-5-18(17)12-20/h1-15H,16H2,(H,31,35)(H,32,33,34). The number of carbonyl (C=O) groups is 2. The van der Waals surface area contributed by atoms with Crippen molar-refractivity contribution in [3.8, 4) is 11.3 Å². The molecule has 5 aromatic rings. The van der Waals surface area contributed by atoms with Gasteiger partial charge in [-0.1, -0.05) is 65.7 Å². The summed E-state index contributed by atoms with van der Waals surface area (Å²) >= 11 is 14.8. The average molecular weight is 565 g/mol. The second-order valence-electron chi connectivity index (χ2n) is 8.05. The maximum absolute atomic E-state index is 12.8. The van der Waals surface area contributed by atoms with E-state index in [1.54, 1.807) is 12.1 Å². The molecule has 0 spiro atoms. The Labute approximate surface area is 231 Å². The summed E-state index contributed by atoms with van der Waals surface area (Å²) in [5, 5.41) is 11.1. The van der Waals surface area contributed by atoms with Crippen molar-refractivity contribution in [2.24, 2.45) is 0 Å². The minimum Gasteiger partial charge on any atom is -0.322 e. The van der Waals surface area contributed by atoms with Crippen LogP contribution in [0.25, 0.3) is 22.0 Å². The number of benzene rings is 4. The van der Waals surface area contributed by atoms with Gasteiger partial charge in [0, 0.05) is 27.1 Å². The van der Waals surface area contributed by atoms with Gasteiger partial charge in [-0.25, -0.2) is 4.98 Å². The van der Waals surface area contributed by atoms with Gasteiger partial charge in [0.25, 0.3) is 5.91 Å². The van der Waals surface area contributed by atoms with E-state index in [4.69, 9.17) is 23.2 Å². The number of fused-ring (bicyclic) bond motifs is 1. The summed E-state index contributed by atoms with van der Waals surface area (Å²) < 4.78 is 0. The number of thioether (sulfide) groups is 1. The van der Waals surface area contributed by atoms with Crippen LogP contribution in [0.3, 0.4) is 0 Å². The number of anilines is 2. The zero-order valence-electron chi connectivity index (χ0n) is 19.2. The summed E-state index contributed by atoms with van der Waals surface area (Å²) in [5.41, 5.74) is 2.78. The van der Waals surface area contributed by atoms with Crippen LogP contribution >= 0.6 is 46.3 Å². The van der Waals surface area contributed by atoms with Crippen LogP contribution in [0.4, 0.5) is 10.8 Å². The number of halogens is 2. The first-order chi connectivity index (χ1) is 17.9. The van der Waals surface area contributed by atoms with Crippen LogP contribution in [0.2, 0.25) is 10.0 Å². The Morgan fingerprint density at radius 3 is 2.51 bits per heavy atom. The molecule has 1 heterocycles. The van der Waals surface area contributed by atoms with E-state index in [1.807, 2.05) is 78.2 Å². The molecule has 0 aliphatic carbocycles. The SMILES string of the molecule is O=C(CSc1cccc(NC(=O)c2ccc3ccccc3c2)c1)Nc1nc(-c2ccc(Cl)c(Cl)c2)cs1. The largest absolute Gasteiger partial charge is 0.322 e. The maximum atomic E-state index is 12.8. The first-order valence-electron chi connectivity index (χ1n) is 11.2. The first-order valence-corrected chi connectivity index (χ1v) is 13.8. The minimum absolute atomic E-state index is 0.175. The second-order valence-corrected chi connectivity index (χ2v) is 10.8. The molecule has 0 atom stereocenters. The van der Waals surface area contributed by atoms with Crippen LogP contribution < -0.4 is 10.6 Å². The van der Waals surface area contributed by atoms with Gasteiger partial charge >= 0.3 is 0 Å². The van der Waals surface area contributed by atoms with Gasteiger partial charge in [-0.15, -0.1) is 23.1 Å². The second kappa shape index (κ2) is 11.4. The van der Waals surface area contributed by atoms with Crippen molar-refractivity contribution in [1.82, 2.24) is 4.98 Å². The molecule has 5 rings (SSSR count). The summed E-state index contributed by atoms with van der Waals surface area (Å²) in [6, 6.07) is 26.2. The molecule has 2 N–H and O–H groups in total. The van der Waals surface area contributed by atoms with Gasteiger partial charge in [-0.3, -0.25) is 9.59 Å². The molecular weight excluding hydrogens is 545 g/mol. The molecule has 0 saturated carbocycles. The number of nitrogens with one attached hydrogen (secondary N) is 2. The van der Waals surface area contributed by atoms with E-state index < -0.39 is 0 Å². The molecule has 0 saturated heterocycles. The number of nitrogens with zero attached hydrogens (tertiary/aromatic N) is 1. The predicted molar refractivity (Wildman–Crippen MR) is 155 cm³/mol. The number of hydrogen-bond acceptors (Lipinski definition) is 5. The number of rotatable bonds is 7. The smallest absolute Gasteiger partial charge is 0.255 e. The van der Waals surface area contributed by atoms with Gasteiger partial charge < -0.3 is 10.6 Å². The lowest BCUT2D eigenvalue weighted by molar-refractivity contribution is -0.113. The van der Waals surface area contributed by atoms with E-state index >= 15 is 0 Å². The van der Waals surface area contributed by atoms with Crippen molar-refractivity contribution >= 4 is 79.7 Å². The summed E-state index contributed by atoms with van der Waals surface area (Å²) in [4.78, 5) is 30.6. The molecule has 0 aliphatic rings. The van der Waals surface area contributed by atoms with Crippen molar-refractivity contribution in [3.63, 3.8) is 0 Å². The van der Waals surface area contributed by atoms with E-state index in [9.17, 15) is 9.59 Å². The third-order valence-electron chi connectivity index (χ3n) is 5.44. The third kappa shape index (κ3) is 6.32. The number of amides is 2. The Balaban J connectivity index is 1.17. The highest BCUT2D eigenvalue weighted by Gasteiger charge is 2.11. The van der Waals surface area contributed by atoms with Crippen LogP contribution in [-0.4, -0.2) is 22.6 Å². The van der Waals surface area contributed by atoms with E-state index in [0.717, 1.165) is 21.2 Å². The summed E-state index contributed by atoms with van der Waals surface area (Å²) in [6.45, 7) is 0. The van der Waals surface area contributed by atoms with Crippen molar-refractivity contribution in [2.45, 2.75) is 4.90 Å². The normalized spacial score (nSPS) is 10.9. The van der Waals surface area contributed by atoms with E-state index in [0.29, 0.717) is 32.1 Å². The van der Waals surface area contributed by atoms with Gasteiger partial charge in [0.15, 0.2) is 5.13 Å². The highest BCUT2D eigenvalue weighted by atomic mass is 35.5. The predicted octanol–water partition coefficient (Wildman–Crippen LogP) is 8.25. The molecule has 2 amide bonds. The Hall–Kier alpha value is -3.36. The molecular formula is C28H19Cl2N3O2S2. The van der Waals surface area contributed by atoms with E-state index in [-0.39, 0.29) is 17.6 Å². The van der Waals surface area contributed by atoms with Crippen LogP contribution in [0.1, 0.15) is 10.4 Å². The third-order valence-corrected chi connectivity index (χ3v) is 7.93. The molecule has 0 fully saturated rings. The van der Waals surface area contributed by atoms with E-state index in [1.165, 1.54) is 23.1 Å². The molecule has 0 aliphatic heterocycles. The average Bonchev–Trinajstić information content (AvgIpc) is 3.37. The molecule has 5 nitrogen and oxygen atoms in total. The Morgan fingerprint density at radius 2 is 1.68 bits per heavy atom. The minimum atomic E-state index is -0.188. The van der Waals surface area contributed by atoms with Crippen molar-refractivity contribution in [3.05, 3.63) is 106 Å². The van der Waals surface area contributed by atoms with Gasteiger partial charge in [-0.05, 0) is 53.2 Å². The van der Waals surface area contributed by atoms with Crippen molar-refractivity contribution in [2.75, 3.05) is 16.4 Å². The maximum Gasteiger partial charge on any atom is 0.255 e. The Morgan fingerprint density at radius 1 is 0.838 bits per heavy atom. The first kappa shape index (κ1) is 25.3. The van der Waals surface area contributed by atoms with Crippen LogP contribution in [0.15, 0.2) is 95.2 Å².